The first-order valence-corrected chi connectivity index (χ1v) is 4.61. The Balaban J connectivity index is 2.60. The van der Waals surface area contributed by atoms with E-state index in [4.69, 9.17) is 5.26 Å². The van der Waals surface area contributed by atoms with Crippen molar-refractivity contribution >= 4 is 0 Å². The zero-order valence-corrected chi connectivity index (χ0v) is 8.60. The zero-order valence-electron chi connectivity index (χ0n) is 8.60. The maximum absolute atomic E-state index is 8.88. The van der Waals surface area contributed by atoms with Crippen LogP contribution in [-0.2, 0) is 0 Å². The number of hydrogen-bond donors (Lipinski definition) is 0. The van der Waals surface area contributed by atoms with Crippen molar-refractivity contribution in [2.45, 2.75) is 13.8 Å². The van der Waals surface area contributed by atoms with Gasteiger partial charge in [0.15, 0.2) is 0 Å². The molecular formula is C11H10N4. The number of aromatic nitrogens is 3. The van der Waals surface area contributed by atoms with Crippen molar-refractivity contribution in [2.24, 2.45) is 0 Å². The summed E-state index contributed by atoms with van der Waals surface area (Å²) in [7, 11) is 0. The van der Waals surface area contributed by atoms with Crippen LogP contribution < -0.4 is 0 Å². The number of nitriles is 1. The van der Waals surface area contributed by atoms with E-state index in [-0.39, 0.29) is 0 Å². The molecule has 0 saturated heterocycles. The predicted molar refractivity (Wildman–Crippen MR) is 55.5 cm³/mol. The van der Waals surface area contributed by atoms with Gasteiger partial charge in [-0.3, -0.25) is 4.57 Å². The molecule has 2 heterocycles. The fourth-order valence-corrected chi connectivity index (χ4v) is 1.46. The van der Waals surface area contributed by atoms with Crippen molar-refractivity contribution in [2.75, 3.05) is 0 Å². The third kappa shape index (κ3) is 1.72. The SMILES string of the molecule is Cc1cc(C)nc(-n2cccc2C#N)n1. The first-order chi connectivity index (χ1) is 7.20. The quantitative estimate of drug-likeness (QED) is 0.701. The molecule has 0 aromatic carbocycles. The highest BCUT2D eigenvalue weighted by Crippen LogP contribution is 2.09. The Kier molecular flexibility index (Phi) is 2.22. The minimum atomic E-state index is 0.542. The van der Waals surface area contributed by atoms with E-state index in [9.17, 15) is 0 Å². The normalized spacial score (nSPS) is 9.93. The summed E-state index contributed by atoms with van der Waals surface area (Å²) in [6, 6.07) is 7.54. The van der Waals surface area contributed by atoms with Gasteiger partial charge in [0.25, 0.3) is 0 Å². The van der Waals surface area contributed by atoms with E-state index in [1.807, 2.05) is 19.9 Å². The van der Waals surface area contributed by atoms with Crippen molar-refractivity contribution in [1.29, 1.82) is 5.26 Å². The lowest BCUT2D eigenvalue weighted by atomic mass is 10.3. The molecule has 0 aliphatic carbocycles. The first-order valence-electron chi connectivity index (χ1n) is 4.61. The second-order valence-electron chi connectivity index (χ2n) is 3.33. The molecule has 2 aromatic rings. The summed E-state index contributed by atoms with van der Waals surface area (Å²) in [6.45, 7) is 3.82. The molecule has 15 heavy (non-hydrogen) atoms. The van der Waals surface area contributed by atoms with Crippen LogP contribution in [0.3, 0.4) is 0 Å². The summed E-state index contributed by atoms with van der Waals surface area (Å²) in [5.74, 6) is 0.550. The Morgan fingerprint density at radius 2 is 1.93 bits per heavy atom. The van der Waals surface area contributed by atoms with E-state index in [0.29, 0.717) is 11.6 Å². The van der Waals surface area contributed by atoms with Crippen LogP contribution in [0.5, 0.6) is 0 Å². The number of aryl methyl sites for hydroxylation is 2. The molecule has 74 valence electrons. The van der Waals surface area contributed by atoms with Gasteiger partial charge in [-0.15, -0.1) is 0 Å². The Labute approximate surface area is 87.8 Å². The van der Waals surface area contributed by atoms with Crippen LogP contribution >= 0.6 is 0 Å². The van der Waals surface area contributed by atoms with E-state index >= 15 is 0 Å². The molecule has 0 amide bonds. The molecule has 0 aliphatic heterocycles. The third-order valence-electron chi connectivity index (χ3n) is 2.05. The lowest BCUT2D eigenvalue weighted by Gasteiger charge is -2.04. The molecule has 0 N–H and O–H groups in total. The molecule has 2 rings (SSSR count). The lowest BCUT2D eigenvalue weighted by Crippen LogP contribution is -2.04. The first kappa shape index (κ1) is 9.41. The Morgan fingerprint density at radius 3 is 2.53 bits per heavy atom. The Hall–Kier alpha value is -2.15. The molecule has 2 aromatic heterocycles. The zero-order chi connectivity index (χ0) is 10.8. The minimum Gasteiger partial charge on any atom is -0.276 e. The van der Waals surface area contributed by atoms with Gasteiger partial charge in [-0.2, -0.15) is 5.26 Å². The maximum Gasteiger partial charge on any atom is 0.235 e. The second-order valence-corrected chi connectivity index (χ2v) is 3.33. The minimum absolute atomic E-state index is 0.542. The molecule has 0 spiro atoms. The predicted octanol–water partition coefficient (Wildman–Crippen LogP) is 1.76. The van der Waals surface area contributed by atoms with Gasteiger partial charge in [-0.05, 0) is 32.0 Å². The average Bonchev–Trinajstić information content (AvgIpc) is 2.63. The van der Waals surface area contributed by atoms with E-state index in [0.717, 1.165) is 11.4 Å². The summed E-state index contributed by atoms with van der Waals surface area (Å²) < 4.78 is 1.68. The topological polar surface area (TPSA) is 54.5 Å². The van der Waals surface area contributed by atoms with Gasteiger partial charge in [-0.1, -0.05) is 0 Å². The molecule has 0 bridgehead atoms. The molecule has 0 atom stereocenters. The molecular weight excluding hydrogens is 188 g/mol. The molecule has 0 radical (unpaired) electrons. The van der Waals surface area contributed by atoms with Crippen molar-refractivity contribution in [3.63, 3.8) is 0 Å². The van der Waals surface area contributed by atoms with Crippen molar-refractivity contribution in [3.8, 4) is 12.0 Å². The summed E-state index contributed by atoms with van der Waals surface area (Å²) in [5, 5.41) is 8.88. The highest BCUT2D eigenvalue weighted by Gasteiger charge is 2.05. The molecule has 0 saturated carbocycles. The van der Waals surface area contributed by atoms with Crippen LogP contribution in [0.25, 0.3) is 5.95 Å². The van der Waals surface area contributed by atoms with Gasteiger partial charge >= 0.3 is 0 Å². The van der Waals surface area contributed by atoms with E-state index in [1.165, 1.54) is 0 Å². The Bertz CT molecular complexity index is 514. The van der Waals surface area contributed by atoms with Gasteiger partial charge in [0, 0.05) is 17.6 Å². The van der Waals surface area contributed by atoms with Crippen molar-refractivity contribution < 1.29 is 0 Å². The van der Waals surface area contributed by atoms with Gasteiger partial charge in [0.05, 0.1) is 0 Å². The monoisotopic (exact) mass is 198 g/mol. The summed E-state index contributed by atoms with van der Waals surface area (Å²) in [6.07, 6.45) is 1.78. The van der Waals surface area contributed by atoms with Crippen LogP contribution in [-0.4, -0.2) is 14.5 Å². The highest BCUT2D eigenvalue weighted by molar-refractivity contribution is 5.31. The second kappa shape index (κ2) is 3.54. The van der Waals surface area contributed by atoms with Crippen LogP contribution in [0.2, 0.25) is 0 Å². The molecule has 4 heteroatoms. The maximum atomic E-state index is 8.88. The largest absolute Gasteiger partial charge is 0.276 e. The van der Waals surface area contributed by atoms with Crippen molar-refractivity contribution in [3.05, 3.63) is 41.5 Å². The molecule has 0 aliphatic rings. The van der Waals surface area contributed by atoms with E-state index in [2.05, 4.69) is 16.0 Å². The molecule has 4 nitrogen and oxygen atoms in total. The van der Waals surface area contributed by atoms with Crippen LogP contribution in [0.1, 0.15) is 17.1 Å². The lowest BCUT2D eigenvalue weighted by molar-refractivity contribution is 0.890. The summed E-state index contributed by atoms with van der Waals surface area (Å²) in [5.41, 5.74) is 2.34. The fourth-order valence-electron chi connectivity index (χ4n) is 1.46. The number of nitrogens with zero attached hydrogens (tertiary/aromatic N) is 4. The van der Waals surface area contributed by atoms with Gasteiger partial charge in [0.2, 0.25) is 5.95 Å². The smallest absolute Gasteiger partial charge is 0.235 e. The van der Waals surface area contributed by atoms with Gasteiger partial charge < -0.3 is 0 Å². The standard InChI is InChI=1S/C11H10N4/c1-8-6-9(2)14-11(13-8)15-5-3-4-10(15)7-12/h3-6H,1-2H3. The fraction of sp³-hybridized carbons (Fsp3) is 0.182. The Morgan fingerprint density at radius 1 is 1.27 bits per heavy atom. The molecule has 0 unspecified atom stereocenters. The highest BCUT2D eigenvalue weighted by atomic mass is 15.1. The van der Waals surface area contributed by atoms with Gasteiger partial charge in [-0.25, -0.2) is 9.97 Å². The van der Waals surface area contributed by atoms with E-state index < -0.39 is 0 Å². The van der Waals surface area contributed by atoms with Crippen molar-refractivity contribution in [1.82, 2.24) is 14.5 Å². The van der Waals surface area contributed by atoms with Crippen LogP contribution in [0.4, 0.5) is 0 Å². The van der Waals surface area contributed by atoms with Gasteiger partial charge in [0.1, 0.15) is 11.8 Å². The number of hydrogen-bond acceptors (Lipinski definition) is 3. The van der Waals surface area contributed by atoms with Crippen LogP contribution in [0.15, 0.2) is 24.4 Å². The van der Waals surface area contributed by atoms with Crippen LogP contribution in [0, 0.1) is 25.2 Å². The number of rotatable bonds is 1. The summed E-state index contributed by atoms with van der Waals surface area (Å²) >= 11 is 0. The van der Waals surface area contributed by atoms with E-state index in [1.54, 1.807) is 22.9 Å². The third-order valence-corrected chi connectivity index (χ3v) is 2.05. The molecule has 0 fully saturated rings. The summed E-state index contributed by atoms with van der Waals surface area (Å²) in [4.78, 5) is 8.57. The average molecular weight is 198 g/mol.